The molecule has 10 rings (SSSR count). The first-order valence-electron chi connectivity index (χ1n) is 19.6. The fourth-order valence-corrected chi connectivity index (χ4v) is 8.43. The Balaban J connectivity index is 1.03. The maximum atomic E-state index is 5.30. The summed E-state index contributed by atoms with van der Waals surface area (Å²) in [5, 5.41) is 0. The van der Waals surface area contributed by atoms with E-state index in [4.69, 9.17) is 9.97 Å². The van der Waals surface area contributed by atoms with Crippen LogP contribution in [0.5, 0.6) is 0 Å². The van der Waals surface area contributed by atoms with Crippen molar-refractivity contribution < 1.29 is 0 Å². The van der Waals surface area contributed by atoms with Crippen LogP contribution < -0.4 is 0 Å². The molecule has 0 fully saturated rings. The van der Waals surface area contributed by atoms with Crippen LogP contribution in [0.2, 0.25) is 0 Å². The van der Waals surface area contributed by atoms with Gasteiger partial charge in [-0.2, -0.15) is 0 Å². The Morgan fingerprint density at radius 2 is 0.702 bits per heavy atom. The van der Waals surface area contributed by atoms with Crippen LogP contribution in [0.15, 0.2) is 206 Å². The summed E-state index contributed by atoms with van der Waals surface area (Å²) in [5.74, 6) is 0.693. The van der Waals surface area contributed by atoms with Crippen LogP contribution in [0, 0.1) is 0 Å². The molecule has 0 N–H and O–H groups in total. The molecule has 2 heteroatoms. The monoisotopic (exact) mass is 728 g/mol. The zero-order chi connectivity index (χ0) is 38.3. The van der Waals surface area contributed by atoms with Gasteiger partial charge in [-0.25, -0.2) is 9.97 Å². The van der Waals surface area contributed by atoms with Crippen molar-refractivity contribution in [3.05, 3.63) is 217 Å². The van der Waals surface area contributed by atoms with E-state index in [0.29, 0.717) is 5.82 Å². The van der Waals surface area contributed by atoms with E-state index in [1.807, 2.05) is 6.07 Å². The van der Waals surface area contributed by atoms with E-state index in [1.54, 1.807) is 0 Å². The largest absolute Gasteiger partial charge is 0.228 e. The van der Waals surface area contributed by atoms with Gasteiger partial charge in [-0.3, -0.25) is 0 Å². The van der Waals surface area contributed by atoms with Crippen molar-refractivity contribution in [2.75, 3.05) is 0 Å². The first-order chi connectivity index (χ1) is 28.0. The van der Waals surface area contributed by atoms with Crippen LogP contribution in [0.4, 0.5) is 0 Å². The Kier molecular flexibility index (Phi) is 8.53. The molecule has 0 bridgehead atoms. The van der Waals surface area contributed by atoms with E-state index >= 15 is 0 Å². The standard InChI is InChI=1S/C55H40N2/c1-55(2)50-24-13-12-23-48(50)49-30-29-43(35-51(49)55)40-27-25-39(26-28-40)42-21-14-22-44(31-42)54-56-52(41-19-10-5-11-20-41)36-53(57-54)47-33-45(37-15-6-3-7-16-37)32-46(34-47)38-17-8-4-9-18-38/h3-36H,1-2H3. The van der Waals surface area contributed by atoms with Crippen molar-refractivity contribution in [2.45, 2.75) is 19.3 Å². The van der Waals surface area contributed by atoms with Crippen molar-refractivity contribution in [3.63, 3.8) is 0 Å². The van der Waals surface area contributed by atoms with Gasteiger partial charge in [0.25, 0.3) is 0 Å². The van der Waals surface area contributed by atoms with Crippen LogP contribution in [0.25, 0.3) is 89.5 Å². The lowest BCUT2D eigenvalue weighted by molar-refractivity contribution is 0.660. The number of hydrogen-bond donors (Lipinski definition) is 0. The Morgan fingerprint density at radius 3 is 1.33 bits per heavy atom. The van der Waals surface area contributed by atoms with Gasteiger partial charge in [-0.1, -0.05) is 184 Å². The maximum Gasteiger partial charge on any atom is 0.160 e. The minimum Gasteiger partial charge on any atom is -0.228 e. The minimum atomic E-state index is -0.0308. The van der Waals surface area contributed by atoms with Crippen LogP contribution in [-0.4, -0.2) is 9.97 Å². The molecule has 57 heavy (non-hydrogen) atoms. The predicted molar refractivity (Wildman–Crippen MR) is 238 cm³/mol. The van der Waals surface area contributed by atoms with Gasteiger partial charge >= 0.3 is 0 Å². The predicted octanol–water partition coefficient (Wildman–Crippen LogP) is 14.5. The van der Waals surface area contributed by atoms with E-state index in [2.05, 4.69) is 214 Å². The topological polar surface area (TPSA) is 25.8 Å². The molecule has 0 saturated heterocycles. The molecule has 2 nitrogen and oxygen atoms in total. The van der Waals surface area contributed by atoms with Gasteiger partial charge in [-0.05, 0) is 103 Å². The first kappa shape index (κ1) is 34.3. The number of fused-ring (bicyclic) bond motifs is 3. The van der Waals surface area contributed by atoms with Gasteiger partial charge in [0.15, 0.2) is 5.82 Å². The van der Waals surface area contributed by atoms with Crippen LogP contribution in [0.3, 0.4) is 0 Å². The Morgan fingerprint density at radius 1 is 0.281 bits per heavy atom. The van der Waals surface area contributed by atoms with Crippen LogP contribution in [-0.2, 0) is 5.41 Å². The fourth-order valence-electron chi connectivity index (χ4n) is 8.43. The Bertz CT molecular complexity index is 2840. The summed E-state index contributed by atoms with van der Waals surface area (Å²) >= 11 is 0. The summed E-state index contributed by atoms with van der Waals surface area (Å²) in [5.41, 5.74) is 19.6. The van der Waals surface area contributed by atoms with E-state index < -0.39 is 0 Å². The van der Waals surface area contributed by atoms with Crippen molar-refractivity contribution in [3.8, 4) is 89.5 Å². The molecule has 0 amide bonds. The smallest absolute Gasteiger partial charge is 0.160 e. The second kappa shape index (κ2) is 14.2. The van der Waals surface area contributed by atoms with Gasteiger partial charge in [0, 0.05) is 22.1 Å². The molecule has 0 unspecified atom stereocenters. The number of rotatable bonds is 7. The highest BCUT2D eigenvalue weighted by Gasteiger charge is 2.35. The van der Waals surface area contributed by atoms with Crippen LogP contribution >= 0.6 is 0 Å². The second-order valence-electron chi connectivity index (χ2n) is 15.4. The quantitative estimate of drug-likeness (QED) is 0.163. The molecule has 0 aliphatic heterocycles. The van der Waals surface area contributed by atoms with Gasteiger partial charge in [0.05, 0.1) is 11.4 Å². The number of aromatic nitrogens is 2. The minimum absolute atomic E-state index is 0.0308. The second-order valence-corrected chi connectivity index (χ2v) is 15.4. The molecule has 0 saturated carbocycles. The third-order valence-corrected chi connectivity index (χ3v) is 11.5. The highest BCUT2D eigenvalue weighted by molar-refractivity contribution is 5.85. The summed E-state index contributed by atoms with van der Waals surface area (Å²) in [7, 11) is 0. The van der Waals surface area contributed by atoms with Crippen molar-refractivity contribution in [2.24, 2.45) is 0 Å². The lowest BCUT2D eigenvalue weighted by atomic mass is 9.81. The average molecular weight is 729 g/mol. The lowest BCUT2D eigenvalue weighted by Crippen LogP contribution is -2.14. The van der Waals surface area contributed by atoms with Gasteiger partial charge < -0.3 is 0 Å². The summed E-state index contributed by atoms with van der Waals surface area (Å²) < 4.78 is 0. The SMILES string of the molecule is CC1(C)c2ccccc2-c2ccc(-c3ccc(-c4cccc(-c5nc(-c6ccccc6)cc(-c6cc(-c7ccccc7)cc(-c7ccccc7)c6)n5)c4)cc3)cc21. The molecule has 1 aliphatic rings. The third kappa shape index (κ3) is 6.46. The van der Waals surface area contributed by atoms with Crippen molar-refractivity contribution >= 4 is 0 Å². The lowest BCUT2D eigenvalue weighted by Gasteiger charge is -2.22. The van der Waals surface area contributed by atoms with Gasteiger partial charge in [0.1, 0.15) is 0 Å². The third-order valence-electron chi connectivity index (χ3n) is 11.5. The molecule has 0 spiro atoms. The highest BCUT2D eigenvalue weighted by Crippen LogP contribution is 2.49. The number of benzene rings is 8. The van der Waals surface area contributed by atoms with E-state index in [9.17, 15) is 0 Å². The average Bonchev–Trinajstić information content (AvgIpc) is 3.52. The van der Waals surface area contributed by atoms with E-state index in [0.717, 1.165) is 50.3 Å². The zero-order valence-electron chi connectivity index (χ0n) is 32.0. The molecule has 0 radical (unpaired) electrons. The maximum absolute atomic E-state index is 5.30. The summed E-state index contributed by atoms with van der Waals surface area (Å²) in [6, 6.07) is 73.8. The molecule has 1 aliphatic carbocycles. The summed E-state index contributed by atoms with van der Waals surface area (Å²) in [6.45, 7) is 4.67. The van der Waals surface area contributed by atoms with Gasteiger partial charge in [0.2, 0.25) is 0 Å². The molecule has 0 atom stereocenters. The Labute approximate surface area is 334 Å². The van der Waals surface area contributed by atoms with Crippen molar-refractivity contribution in [1.29, 1.82) is 0 Å². The molecule has 8 aromatic carbocycles. The summed E-state index contributed by atoms with van der Waals surface area (Å²) in [6.07, 6.45) is 0. The molecular weight excluding hydrogens is 689 g/mol. The van der Waals surface area contributed by atoms with E-state index in [1.165, 1.54) is 44.5 Å². The summed E-state index contributed by atoms with van der Waals surface area (Å²) in [4.78, 5) is 10.5. The Hall–Kier alpha value is -7.16. The number of nitrogens with zero attached hydrogens (tertiary/aromatic N) is 2. The molecule has 1 heterocycles. The normalized spacial score (nSPS) is 12.5. The highest BCUT2D eigenvalue weighted by atomic mass is 14.9. The van der Waals surface area contributed by atoms with Gasteiger partial charge in [-0.15, -0.1) is 0 Å². The number of hydrogen-bond acceptors (Lipinski definition) is 2. The van der Waals surface area contributed by atoms with E-state index in [-0.39, 0.29) is 5.41 Å². The molecule has 270 valence electrons. The first-order valence-corrected chi connectivity index (χ1v) is 19.6. The molecular formula is C55H40N2. The van der Waals surface area contributed by atoms with Crippen molar-refractivity contribution in [1.82, 2.24) is 9.97 Å². The van der Waals surface area contributed by atoms with Crippen LogP contribution in [0.1, 0.15) is 25.0 Å². The zero-order valence-corrected chi connectivity index (χ0v) is 32.0. The molecule has 1 aromatic heterocycles. The fraction of sp³-hybridized carbons (Fsp3) is 0.0545. The molecule has 9 aromatic rings.